The van der Waals surface area contributed by atoms with Crippen LogP contribution in [0.15, 0.2) is 133 Å². The summed E-state index contributed by atoms with van der Waals surface area (Å²) >= 11 is 0. The van der Waals surface area contributed by atoms with Gasteiger partial charge in [-0.15, -0.1) is 20.4 Å². The van der Waals surface area contributed by atoms with Crippen molar-refractivity contribution in [2.45, 2.75) is 51.7 Å². The topological polar surface area (TPSA) is 104 Å². The molecule has 0 saturated carbocycles. The van der Waals surface area contributed by atoms with Crippen molar-refractivity contribution in [1.82, 2.24) is 29.7 Å². The van der Waals surface area contributed by atoms with Gasteiger partial charge in [0.1, 0.15) is 24.7 Å². The Morgan fingerprint density at radius 3 is 1.21 bits per heavy atom. The fourth-order valence-corrected chi connectivity index (χ4v) is 5.08. The fraction of sp³-hybridized carbons (Fsp3) is 0.211. The molecule has 6 rings (SSSR count). The zero-order chi connectivity index (χ0) is 32.6. The van der Waals surface area contributed by atoms with Gasteiger partial charge in [-0.25, -0.2) is 9.35 Å². The lowest BCUT2D eigenvalue weighted by Gasteiger charge is -2.13. The van der Waals surface area contributed by atoms with Crippen molar-refractivity contribution in [3.8, 4) is 11.5 Å². The lowest BCUT2D eigenvalue weighted by atomic mass is 10.2. The summed E-state index contributed by atoms with van der Waals surface area (Å²) in [4.78, 5) is 0. The van der Waals surface area contributed by atoms with Gasteiger partial charge in [0.15, 0.2) is 23.3 Å². The molecular weight excluding hydrogens is 600 g/mol. The van der Waals surface area contributed by atoms with E-state index in [9.17, 15) is 0 Å². The third-order valence-corrected chi connectivity index (χ3v) is 7.55. The summed E-state index contributed by atoms with van der Waals surface area (Å²) in [6.07, 6.45) is 9.85. The molecule has 0 aliphatic rings. The highest BCUT2D eigenvalue weighted by Gasteiger charge is 2.14. The van der Waals surface area contributed by atoms with E-state index in [4.69, 9.17) is 9.47 Å². The summed E-state index contributed by atoms with van der Waals surface area (Å²) in [6, 6.07) is 39.6. The lowest BCUT2D eigenvalue weighted by Crippen LogP contribution is -2.17. The number of para-hydroxylation sites is 4. The van der Waals surface area contributed by atoms with Crippen LogP contribution in [0.5, 0.6) is 11.5 Å². The molecule has 48 heavy (non-hydrogen) atoms. The third kappa shape index (κ3) is 9.32. The molecule has 0 saturated heterocycles. The van der Waals surface area contributed by atoms with Gasteiger partial charge in [-0.1, -0.05) is 84.9 Å². The second-order valence-corrected chi connectivity index (χ2v) is 11.2. The van der Waals surface area contributed by atoms with Crippen LogP contribution in [0, 0.1) is 0 Å². The van der Waals surface area contributed by atoms with E-state index >= 15 is 0 Å². The first-order valence-electron chi connectivity index (χ1n) is 16.3. The normalized spacial score (nSPS) is 11.1. The van der Waals surface area contributed by atoms with E-state index in [0.717, 1.165) is 84.7 Å². The van der Waals surface area contributed by atoms with Crippen molar-refractivity contribution in [1.29, 1.82) is 0 Å². The molecule has 0 radical (unpaired) electrons. The Kier molecular flexibility index (Phi) is 11.4. The summed E-state index contributed by atoms with van der Waals surface area (Å²) in [7, 11) is 0. The van der Waals surface area contributed by atoms with Crippen molar-refractivity contribution in [3.05, 3.63) is 157 Å². The van der Waals surface area contributed by atoms with Crippen LogP contribution >= 0.6 is 0 Å². The molecule has 6 aromatic rings. The molecule has 10 nitrogen and oxygen atoms in total. The van der Waals surface area contributed by atoms with Crippen LogP contribution < -0.4 is 20.3 Å². The Morgan fingerprint density at radius 1 is 0.458 bits per heavy atom. The number of rotatable bonds is 18. The van der Waals surface area contributed by atoms with Gasteiger partial charge in [0.2, 0.25) is 0 Å². The number of aryl methyl sites for hydroxylation is 2. The minimum atomic E-state index is 0.312. The zero-order valence-electron chi connectivity index (χ0n) is 26.9. The number of anilines is 2. The summed E-state index contributed by atoms with van der Waals surface area (Å²) in [5.74, 6) is 4.77. The first-order valence-corrected chi connectivity index (χ1v) is 16.3. The smallest absolute Gasteiger partial charge is 0.190 e. The van der Waals surface area contributed by atoms with Crippen molar-refractivity contribution in [3.63, 3.8) is 0 Å². The monoisotopic (exact) mass is 640 g/mol. The number of nitrogens with one attached hydrogen (secondary N) is 2. The Morgan fingerprint density at radius 2 is 0.812 bits per heavy atom. The number of unbranched alkanes of at least 4 members (excludes halogenated alkanes) is 2. The summed E-state index contributed by atoms with van der Waals surface area (Å²) in [5.41, 5.74) is 8.82. The standard InChI is InChI=1S/C38H40N8O2/c1(3-17-27-35-39-41-37(29-47-33-23-13-7-14-24-33)45(35)43-31-19-9-5-10-20-31)2-4-18-28-36-40-42-38(30-48-34-25-15-8-16-26-34)46(36)44-32-21-11-6-12-22-32/h1-2,5-16,19-26,43-44H,3-4,17-18,27-30H2/b2-1+. The van der Waals surface area contributed by atoms with E-state index < -0.39 is 0 Å². The number of ether oxygens (including phenoxy) is 2. The van der Waals surface area contributed by atoms with Crippen LogP contribution in [0.2, 0.25) is 0 Å². The highest BCUT2D eigenvalue weighted by molar-refractivity contribution is 5.43. The van der Waals surface area contributed by atoms with E-state index in [-0.39, 0.29) is 0 Å². The second kappa shape index (κ2) is 17.1. The van der Waals surface area contributed by atoms with Crippen LogP contribution in [0.1, 0.15) is 49.0 Å². The highest BCUT2D eigenvalue weighted by atomic mass is 16.5. The fourth-order valence-electron chi connectivity index (χ4n) is 5.08. The molecule has 0 unspecified atom stereocenters. The van der Waals surface area contributed by atoms with Crippen LogP contribution in [0.3, 0.4) is 0 Å². The molecule has 2 N–H and O–H groups in total. The Hall–Kier alpha value is -5.90. The molecule has 0 atom stereocenters. The molecule has 0 bridgehead atoms. The molecule has 0 amide bonds. The van der Waals surface area contributed by atoms with Crippen LogP contribution in [-0.4, -0.2) is 29.7 Å². The van der Waals surface area contributed by atoms with E-state index in [2.05, 4.69) is 43.4 Å². The minimum Gasteiger partial charge on any atom is -0.486 e. The van der Waals surface area contributed by atoms with Gasteiger partial charge >= 0.3 is 0 Å². The maximum absolute atomic E-state index is 5.97. The zero-order valence-corrected chi connectivity index (χ0v) is 26.9. The predicted octanol–water partition coefficient (Wildman–Crippen LogP) is 7.68. The van der Waals surface area contributed by atoms with Crippen LogP contribution in [0.25, 0.3) is 0 Å². The number of nitrogens with zero attached hydrogens (tertiary/aromatic N) is 6. The highest BCUT2D eigenvalue weighted by Crippen LogP contribution is 2.17. The number of allylic oxidation sites excluding steroid dienone is 2. The molecular formula is C38H40N8O2. The summed E-state index contributed by atoms with van der Waals surface area (Å²) in [5, 5.41) is 17.9. The van der Waals surface area contributed by atoms with Crippen molar-refractivity contribution in [2.24, 2.45) is 0 Å². The number of hydrogen-bond acceptors (Lipinski definition) is 8. The molecule has 0 fully saturated rings. The van der Waals surface area contributed by atoms with Crippen LogP contribution in [-0.2, 0) is 26.1 Å². The van der Waals surface area contributed by atoms with E-state index in [1.807, 2.05) is 131 Å². The first kappa shape index (κ1) is 32.1. The predicted molar refractivity (Wildman–Crippen MR) is 188 cm³/mol. The Balaban J connectivity index is 0.998. The summed E-state index contributed by atoms with van der Waals surface area (Å²) in [6.45, 7) is 0.625. The third-order valence-electron chi connectivity index (χ3n) is 7.55. The number of benzene rings is 4. The van der Waals surface area contributed by atoms with E-state index in [1.54, 1.807) is 0 Å². The number of aromatic nitrogens is 6. The number of hydrogen-bond donors (Lipinski definition) is 2. The maximum Gasteiger partial charge on any atom is 0.190 e. The molecule has 2 aromatic heterocycles. The van der Waals surface area contributed by atoms with Gasteiger partial charge in [-0.05, 0) is 74.2 Å². The average Bonchev–Trinajstić information content (AvgIpc) is 3.71. The molecule has 4 aromatic carbocycles. The van der Waals surface area contributed by atoms with Gasteiger partial charge < -0.3 is 9.47 Å². The van der Waals surface area contributed by atoms with Crippen molar-refractivity contribution < 1.29 is 9.47 Å². The quantitative estimate of drug-likeness (QED) is 0.0729. The SMILES string of the molecule is C(=C\CCCc1nnc(COc2ccccc2)n1Nc1ccccc1)/CCCc1nnc(COc2ccccc2)n1Nc1ccccc1. The lowest BCUT2D eigenvalue weighted by molar-refractivity contribution is 0.291. The van der Waals surface area contributed by atoms with Crippen LogP contribution in [0.4, 0.5) is 11.4 Å². The second-order valence-electron chi connectivity index (χ2n) is 11.2. The molecule has 0 spiro atoms. The van der Waals surface area contributed by atoms with Gasteiger partial charge in [0.05, 0.1) is 11.4 Å². The largest absolute Gasteiger partial charge is 0.486 e. The summed E-state index contributed by atoms with van der Waals surface area (Å²) < 4.78 is 15.8. The van der Waals surface area contributed by atoms with E-state index in [1.165, 1.54) is 0 Å². The average molecular weight is 641 g/mol. The molecule has 0 aliphatic carbocycles. The molecule has 244 valence electrons. The first-order chi connectivity index (χ1) is 23.8. The molecule has 2 heterocycles. The minimum absolute atomic E-state index is 0.312. The van der Waals surface area contributed by atoms with Crippen molar-refractivity contribution in [2.75, 3.05) is 10.9 Å². The Bertz CT molecular complexity index is 1690. The van der Waals surface area contributed by atoms with Gasteiger partial charge in [0.25, 0.3) is 0 Å². The van der Waals surface area contributed by atoms with Gasteiger partial charge in [0, 0.05) is 12.8 Å². The molecule has 0 aliphatic heterocycles. The van der Waals surface area contributed by atoms with Gasteiger partial charge in [-0.3, -0.25) is 10.9 Å². The van der Waals surface area contributed by atoms with E-state index in [0.29, 0.717) is 13.2 Å². The van der Waals surface area contributed by atoms with Gasteiger partial charge in [-0.2, -0.15) is 0 Å². The Labute approximate surface area is 281 Å². The molecule has 10 heteroatoms. The maximum atomic E-state index is 5.97. The van der Waals surface area contributed by atoms with Crippen molar-refractivity contribution >= 4 is 11.4 Å².